The lowest BCUT2D eigenvalue weighted by molar-refractivity contribution is -0.191. The third-order valence-corrected chi connectivity index (χ3v) is 8.20. The first kappa shape index (κ1) is 46.5. The highest BCUT2D eigenvalue weighted by atomic mass is 16.5. The van der Waals surface area contributed by atoms with E-state index in [-0.39, 0.29) is 79.7 Å². The minimum Gasteiger partial charge on any atom is -0.506 e. The minimum absolute atomic E-state index is 0.0360. The second-order valence-corrected chi connectivity index (χ2v) is 12.9. The van der Waals surface area contributed by atoms with Gasteiger partial charge in [-0.05, 0) is 49.8 Å². The number of hydrogen-bond acceptors (Lipinski definition) is 12. The summed E-state index contributed by atoms with van der Waals surface area (Å²) in [5.41, 5.74) is 1.33. The maximum absolute atomic E-state index is 12.8. The molecule has 0 saturated heterocycles. The van der Waals surface area contributed by atoms with Gasteiger partial charge in [-0.15, -0.1) is 0 Å². The van der Waals surface area contributed by atoms with Crippen LogP contribution >= 0.6 is 0 Å². The highest BCUT2D eigenvalue weighted by Gasteiger charge is 2.24. The van der Waals surface area contributed by atoms with Crippen LogP contribution in [0.4, 0.5) is 5.69 Å². The van der Waals surface area contributed by atoms with Gasteiger partial charge in [0.05, 0.1) is 44.8 Å². The lowest BCUT2D eigenvalue weighted by atomic mass is 9.96. The van der Waals surface area contributed by atoms with Crippen LogP contribution in [0.2, 0.25) is 0 Å². The van der Waals surface area contributed by atoms with Gasteiger partial charge in [0.25, 0.3) is 11.8 Å². The molecule has 0 bridgehead atoms. The van der Waals surface area contributed by atoms with E-state index in [2.05, 4.69) is 24.5 Å². The van der Waals surface area contributed by atoms with Gasteiger partial charge in [-0.25, -0.2) is 0 Å². The first-order valence-electron chi connectivity index (χ1n) is 18.0. The summed E-state index contributed by atoms with van der Waals surface area (Å²) in [4.78, 5) is 90.1. The van der Waals surface area contributed by atoms with E-state index in [1.807, 2.05) is 6.07 Å². The van der Waals surface area contributed by atoms with E-state index in [4.69, 9.17) is 23.8 Å². The van der Waals surface area contributed by atoms with Gasteiger partial charge in [0.1, 0.15) is 11.5 Å². The summed E-state index contributed by atoms with van der Waals surface area (Å²) in [6.45, 7) is 9.64. The molecule has 4 amide bonds. The summed E-state index contributed by atoms with van der Waals surface area (Å²) in [6, 6.07) is 4.41. The van der Waals surface area contributed by atoms with Gasteiger partial charge in [-0.2, -0.15) is 9.59 Å². The summed E-state index contributed by atoms with van der Waals surface area (Å²) in [5, 5.41) is 15.6. The van der Waals surface area contributed by atoms with Crippen LogP contribution < -0.4 is 10.6 Å². The molecule has 3 atom stereocenters. The Morgan fingerprint density at radius 3 is 2.06 bits per heavy atom. The van der Waals surface area contributed by atoms with Crippen LogP contribution in [0.15, 0.2) is 30.4 Å². The Morgan fingerprint density at radius 2 is 1.43 bits per heavy atom. The molecule has 1 aliphatic heterocycles. The smallest absolute Gasteiger partial charge is 0.373 e. The quantitative estimate of drug-likeness (QED) is 0.0673. The molecule has 0 unspecified atom stereocenters. The molecule has 1 aromatic carbocycles. The molecule has 53 heavy (non-hydrogen) atoms. The molecular formula is C38H55N3O12. The van der Waals surface area contributed by atoms with E-state index >= 15 is 0 Å². The zero-order valence-electron chi connectivity index (χ0n) is 31.3. The minimum atomic E-state index is -0.771. The largest absolute Gasteiger partial charge is 0.506 e. The Morgan fingerprint density at radius 1 is 0.849 bits per heavy atom. The number of benzene rings is 1. The molecule has 15 nitrogen and oxygen atoms in total. The first-order valence-corrected chi connectivity index (χ1v) is 18.0. The topological polar surface area (TPSA) is 212 Å². The number of phenolic OH excluding ortho intramolecular Hbond substituents is 1. The molecule has 0 fully saturated rings. The van der Waals surface area contributed by atoms with Crippen molar-refractivity contribution >= 4 is 47.0 Å². The van der Waals surface area contributed by atoms with Crippen molar-refractivity contribution in [3.8, 4) is 5.75 Å². The Labute approximate surface area is 311 Å². The molecule has 1 heterocycles. The number of rotatable bonds is 27. The summed E-state index contributed by atoms with van der Waals surface area (Å²) in [5.74, 6) is -1.85. The predicted molar refractivity (Wildman–Crippen MR) is 192 cm³/mol. The molecule has 0 spiro atoms. The molecule has 3 N–H and O–H groups in total. The van der Waals surface area contributed by atoms with Crippen LogP contribution in [0.1, 0.15) is 84.6 Å². The van der Waals surface area contributed by atoms with Crippen molar-refractivity contribution in [1.29, 1.82) is 0 Å². The number of ketones is 2. The molecule has 0 aliphatic carbocycles. The summed E-state index contributed by atoms with van der Waals surface area (Å²) < 4.78 is 16.3. The molecule has 1 aliphatic rings. The number of carbonyl (C=O) groups is 6. The number of aromatic hydroxyl groups is 1. The van der Waals surface area contributed by atoms with Crippen LogP contribution in [0.3, 0.4) is 0 Å². The Bertz CT molecular complexity index is 1390. The maximum Gasteiger partial charge on any atom is 0.373 e. The standard InChI is InChI=1S/C37H55N3O10.CO2/c1-5-8-26(2)23-29-11-12-32(42)31(25-29)39-37(47)27(3)24-33(43)28(4)38-34(44)15-18-49-20-22-50-21-19-48-17-7-10-30(41)9-6-16-40-35(45)13-14-36(40)46;2-1-3/h11-14,25-28,42H,5-10,15-24H2,1-4H3,(H,38,44)(H,39,47);/t26-,27-,28+;/m1./s1. The Balaban J connectivity index is 0.00000452. The van der Waals surface area contributed by atoms with Crippen LogP contribution in [0, 0.1) is 11.8 Å². The number of ether oxygens (including phenoxy) is 3. The van der Waals surface area contributed by atoms with Gasteiger partial charge in [-0.1, -0.05) is 39.7 Å². The number of anilines is 1. The molecule has 0 saturated carbocycles. The molecule has 0 radical (unpaired) electrons. The molecule has 1 aromatic rings. The number of phenols is 1. The Kier molecular flexibility index (Phi) is 23.8. The van der Waals surface area contributed by atoms with Crippen molar-refractivity contribution in [2.45, 2.75) is 91.5 Å². The number of imide groups is 1. The van der Waals surface area contributed by atoms with Crippen molar-refractivity contribution in [2.75, 3.05) is 51.5 Å². The average Bonchev–Trinajstić information content (AvgIpc) is 3.42. The molecular weight excluding hydrogens is 690 g/mol. The van der Waals surface area contributed by atoms with E-state index in [0.29, 0.717) is 63.7 Å². The van der Waals surface area contributed by atoms with Crippen molar-refractivity contribution in [1.82, 2.24) is 10.2 Å². The molecule has 0 aromatic heterocycles. The van der Waals surface area contributed by atoms with Crippen LogP contribution in [0.5, 0.6) is 5.75 Å². The summed E-state index contributed by atoms with van der Waals surface area (Å²) in [7, 11) is 0. The SMILES string of the molecule is CCC[C@@H](C)Cc1ccc(O)c(NC(=O)[C@H](C)CC(=O)[C@H](C)NC(=O)CCOCCOCCOCCCC(=O)CCCN2C(=O)C=CC2=O)c1.O=C=O. The first-order chi connectivity index (χ1) is 25.3. The molecule has 294 valence electrons. The van der Waals surface area contributed by atoms with E-state index in [1.54, 1.807) is 26.0 Å². The monoisotopic (exact) mass is 745 g/mol. The third-order valence-electron chi connectivity index (χ3n) is 8.20. The average molecular weight is 746 g/mol. The van der Waals surface area contributed by atoms with Gasteiger partial charge in [0.15, 0.2) is 5.78 Å². The van der Waals surface area contributed by atoms with E-state index in [0.717, 1.165) is 29.7 Å². The molecule has 15 heteroatoms. The summed E-state index contributed by atoms with van der Waals surface area (Å²) in [6.07, 6.45) is 7.41. The van der Waals surface area contributed by atoms with Gasteiger partial charge in [0, 0.05) is 56.9 Å². The zero-order chi connectivity index (χ0) is 39.6. The Hall–Kier alpha value is -4.56. The van der Waals surface area contributed by atoms with Crippen LogP contribution in [-0.4, -0.2) is 104 Å². The normalized spacial score (nSPS) is 13.8. The van der Waals surface area contributed by atoms with E-state index in [9.17, 15) is 33.9 Å². The number of nitrogens with zero attached hydrogens (tertiary/aromatic N) is 1. The van der Waals surface area contributed by atoms with Gasteiger partial charge < -0.3 is 30.0 Å². The highest BCUT2D eigenvalue weighted by Crippen LogP contribution is 2.27. The van der Waals surface area contributed by atoms with Gasteiger partial charge in [-0.3, -0.25) is 33.7 Å². The fraction of sp³-hybridized carbons (Fsp3) is 0.605. The van der Waals surface area contributed by atoms with Crippen LogP contribution in [-0.2, 0) is 59.0 Å². The maximum atomic E-state index is 12.8. The van der Waals surface area contributed by atoms with Crippen molar-refractivity contribution in [3.05, 3.63) is 35.9 Å². The number of carbonyl (C=O) groups excluding carboxylic acids is 8. The zero-order valence-corrected chi connectivity index (χ0v) is 31.3. The highest BCUT2D eigenvalue weighted by molar-refractivity contribution is 6.12. The van der Waals surface area contributed by atoms with Crippen molar-refractivity contribution in [2.24, 2.45) is 11.8 Å². The van der Waals surface area contributed by atoms with Crippen LogP contribution in [0.25, 0.3) is 0 Å². The van der Waals surface area contributed by atoms with Gasteiger partial charge >= 0.3 is 6.15 Å². The lowest BCUT2D eigenvalue weighted by Crippen LogP contribution is -2.40. The second-order valence-electron chi connectivity index (χ2n) is 12.9. The van der Waals surface area contributed by atoms with E-state index < -0.39 is 12.0 Å². The summed E-state index contributed by atoms with van der Waals surface area (Å²) >= 11 is 0. The number of nitrogens with one attached hydrogen (secondary N) is 2. The number of amides is 4. The fourth-order valence-electron chi connectivity index (χ4n) is 5.32. The van der Waals surface area contributed by atoms with E-state index in [1.165, 1.54) is 12.2 Å². The van der Waals surface area contributed by atoms with Gasteiger partial charge in [0.2, 0.25) is 11.8 Å². The predicted octanol–water partition coefficient (Wildman–Crippen LogP) is 3.32. The van der Waals surface area contributed by atoms with Crippen molar-refractivity contribution in [3.63, 3.8) is 0 Å². The molecule has 2 rings (SSSR count). The number of hydrogen-bond donors (Lipinski definition) is 3. The second kappa shape index (κ2) is 27.1. The number of Topliss-reactive ketones (excluding diaryl/α,β-unsaturated/α-hetero) is 2. The third kappa shape index (κ3) is 20.3. The fourth-order valence-corrected chi connectivity index (χ4v) is 5.32. The van der Waals surface area contributed by atoms with Crippen molar-refractivity contribution < 1.29 is 57.7 Å². The lowest BCUT2D eigenvalue weighted by Gasteiger charge is -2.17.